The van der Waals surface area contributed by atoms with Crippen molar-refractivity contribution in [1.82, 2.24) is 5.32 Å². The molecule has 0 aromatic carbocycles. The summed E-state index contributed by atoms with van der Waals surface area (Å²) >= 11 is 0. The first-order valence-corrected chi connectivity index (χ1v) is 28.9. The Kier molecular flexibility index (Phi) is 44.8. The van der Waals surface area contributed by atoms with Crippen LogP contribution in [0.25, 0.3) is 0 Å². The highest BCUT2D eigenvalue weighted by atomic mass is 16.7. The van der Waals surface area contributed by atoms with E-state index in [2.05, 4.69) is 49.5 Å². The van der Waals surface area contributed by atoms with Crippen molar-refractivity contribution in [2.24, 2.45) is 0 Å². The number of carbonyl (C=O) groups is 1. The Labute approximate surface area is 422 Å². The van der Waals surface area contributed by atoms with E-state index >= 15 is 0 Å². The van der Waals surface area contributed by atoms with Crippen LogP contribution in [0.1, 0.15) is 258 Å². The maximum Gasteiger partial charge on any atom is 0.249 e. The zero-order valence-corrected chi connectivity index (χ0v) is 44.3. The first kappa shape index (κ1) is 65.3. The van der Waals surface area contributed by atoms with E-state index in [-0.39, 0.29) is 12.8 Å². The molecule has 8 N–H and O–H groups in total. The Bertz CT molecular complexity index is 1210. The van der Waals surface area contributed by atoms with Gasteiger partial charge in [-0.05, 0) is 64.2 Å². The number of rotatable bonds is 49. The number of hydrogen-bond donors (Lipinski definition) is 8. The third-order valence-electron chi connectivity index (χ3n) is 13.9. The molecule has 1 saturated heterocycles. The minimum absolute atomic E-state index is 0.254. The van der Waals surface area contributed by atoms with Crippen LogP contribution in [-0.2, 0) is 14.3 Å². The fourth-order valence-electron chi connectivity index (χ4n) is 9.19. The molecule has 9 atom stereocenters. The van der Waals surface area contributed by atoms with Crippen LogP contribution < -0.4 is 5.32 Å². The Hall–Kier alpha value is -1.67. The summed E-state index contributed by atoms with van der Waals surface area (Å²) in [5.41, 5.74) is 0. The summed E-state index contributed by atoms with van der Waals surface area (Å²) in [5, 5.41) is 75.3. The first-order valence-electron chi connectivity index (χ1n) is 28.9. The fourth-order valence-corrected chi connectivity index (χ4v) is 9.19. The monoisotopic (exact) mass is 980 g/mol. The van der Waals surface area contributed by atoms with Crippen LogP contribution in [0, 0.1) is 0 Å². The number of hydrogen-bond acceptors (Lipinski definition) is 10. The van der Waals surface area contributed by atoms with Crippen LogP contribution in [0.3, 0.4) is 0 Å². The fraction of sp³-hybridized carbons (Fsp3) is 0.879. The van der Waals surface area contributed by atoms with E-state index < -0.39 is 74.2 Å². The molecule has 0 saturated carbocycles. The molecule has 0 aromatic heterocycles. The summed E-state index contributed by atoms with van der Waals surface area (Å²) in [6.07, 6.45) is 47.3. The van der Waals surface area contributed by atoms with Crippen molar-refractivity contribution in [3.8, 4) is 0 Å². The van der Waals surface area contributed by atoms with Crippen LogP contribution in [0.4, 0.5) is 0 Å². The molecule has 0 spiro atoms. The van der Waals surface area contributed by atoms with Gasteiger partial charge in [-0.25, -0.2) is 0 Å². The minimum atomic E-state index is -1.67. The van der Waals surface area contributed by atoms with Crippen molar-refractivity contribution >= 4 is 5.91 Å². The Morgan fingerprint density at radius 1 is 0.507 bits per heavy atom. The van der Waals surface area contributed by atoms with Crippen molar-refractivity contribution in [2.45, 2.75) is 313 Å². The summed E-state index contributed by atoms with van der Waals surface area (Å²) in [4.78, 5) is 13.1. The first-order chi connectivity index (χ1) is 33.7. The summed E-state index contributed by atoms with van der Waals surface area (Å²) in [7, 11) is 0. The van der Waals surface area contributed by atoms with Gasteiger partial charge in [0.15, 0.2) is 6.29 Å². The zero-order valence-electron chi connectivity index (χ0n) is 44.3. The van der Waals surface area contributed by atoms with E-state index in [0.29, 0.717) is 12.8 Å². The largest absolute Gasteiger partial charge is 0.394 e. The van der Waals surface area contributed by atoms with Gasteiger partial charge in [-0.2, -0.15) is 0 Å². The average Bonchev–Trinajstić information content (AvgIpc) is 3.35. The Balaban J connectivity index is 2.07. The Morgan fingerprint density at radius 2 is 0.928 bits per heavy atom. The lowest BCUT2D eigenvalue weighted by Crippen LogP contribution is -2.60. The second kappa shape index (κ2) is 47.3. The van der Waals surface area contributed by atoms with Gasteiger partial charge < -0.3 is 50.5 Å². The number of allylic oxidation sites excluding steroid dienone is 6. The van der Waals surface area contributed by atoms with E-state index in [1.165, 1.54) is 173 Å². The standard InChI is InChI=1S/C58H109NO10/c1-3-5-7-9-11-12-13-14-15-16-17-18-19-20-21-22-23-24-25-26-27-28-29-30-31-32-33-34-35-36-37-38-39-40-42-44-46-51(62)57(67)59-49(53(63)50(61)45-43-41-10-8-6-4-2)48-68-58-56(66)55(65)54(64)52(47-60)69-58/h8,10,21-22,24-25,49-56,58,60-66H,3-7,9,11-20,23,26-48H2,1-2H3,(H,59,67)/b10-8+,22-21-,25-24-. The lowest BCUT2D eigenvalue weighted by atomic mass is 9.98. The molecule has 11 nitrogen and oxygen atoms in total. The summed E-state index contributed by atoms with van der Waals surface area (Å²) in [6, 6.07) is -1.18. The lowest BCUT2D eigenvalue weighted by Gasteiger charge is -2.40. The van der Waals surface area contributed by atoms with E-state index in [1.54, 1.807) is 0 Å². The molecule has 9 unspecified atom stereocenters. The van der Waals surface area contributed by atoms with Gasteiger partial charge in [-0.3, -0.25) is 4.79 Å². The molecule has 1 amide bonds. The number of nitrogens with one attached hydrogen (secondary N) is 1. The highest BCUT2D eigenvalue weighted by molar-refractivity contribution is 5.80. The summed E-state index contributed by atoms with van der Waals surface area (Å²) < 4.78 is 11.0. The van der Waals surface area contributed by atoms with Gasteiger partial charge in [0.25, 0.3) is 0 Å². The van der Waals surface area contributed by atoms with E-state index in [0.717, 1.165) is 44.9 Å². The third-order valence-corrected chi connectivity index (χ3v) is 13.9. The predicted octanol–water partition coefficient (Wildman–Crippen LogP) is 11.9. The second-order valence-electron chi connectivity index (χ2n) is 20.4. The number of amides is 1. The minimum Gasteiger partial charge on any atom is -0.394 e. The molecule has 1 rings (SSSR count). The van der Waals surface area contributed by atoms with Gasteiger partial charge in [-0.15, -0.1) is 0 Å². The summed E-state index contributed by atoms with van der Waals surface area (Å²) in [6.45, 7) is 3.31. The molecule has 0 aliphatic carbocycles. The van der Waals surface area contributed by atoms with Crippen molar-refractivity contribution < 1.29 is 50.0 Å². The van der Waals surface area contributed by atoms with Crippen LogP contribution >= 0.6 is 0 Å². The van der Waals surface area contributed by atoms with Gasteiger partial charge in [0, 0.05) is 0 Å². The maximum absolute atomic E-state index is 13.1. The summed E-state index contributed by atoms with van der Waals surface area (Å²) in [5.74, 6) is -0.710. The van der Waals surface area contributed by atoms with E-state index in [9.17, 15) is 40.5 Å². The van der Waals surface area contributed by atoms with Crippen molar-refractivity contribution in [2.75, 3.05) is 13.2 Å². The van der Waals surface area contributed by atoms with Crippen LogP contribution in [0.15, 0.2) is 36.5 Å². The lowest BCUT2D eigenvalue weighted by molar-refractivity contribution is -0.303. The number of aliphatic hydroxyl groups excluding tert-OH is 7. The topological polar surface area (TPSA) is 189 Å². The highest BCUT2D eigenvalue weighted by Gasteiger charge is 2.44. The van der Waals surface area contributed by atoms with Crippen molar-refractivity contribution in [3.05, 3.63) is 36.5 Å². The smallest absolute Gasteiger partial charge is 0.249 e. The molecule has 1 aliphatic rings. The van der Waals surface area contributed by atoms with Crippen molar-refractivity contribution in [1.29, 1.82) is 0 Å². The van der Waals surface area contributed by atoms with E-state index in [4.69, 9.17) is 9.47 Å². The highest BCUT2D eigenvalue weighted by Crippen LogP contribution is 2.23. The molecule has 1 heterocycles. The molecule has 11 heteroatoms. The SMILES string of the molecule is CCC/C=C/CCCC(O)C(O)C(COC1OC(CO)C(O)C(O)C1O)NC(=O)C(O)CCCCCCCCCCCCCCCCCC/C=C\C/C=C\CCCCCCCCCCCCCCC. The van der Waals surface area contributed by atoms with Crippen LogP contribution in [-0.4, -0.2) is 110 Å². The molecular formula is C58H109NO10. The van der Waals surface area contributed by atoms with Gasteiger partial charge in [0.2, 0.25) is 5.91 Å². The molecule has 69 heavy (non-hydrogen) atoms. The van der Waals surface area contributed by atoms with E-state index in [1.807, 2.05) is 6.08 Å². The zero-order chi connectivity index (χ0) is 50.4. The van der Waals surface area contributed by atoms with Crippen LogP contribution in [0.2, 0.25) is 0 Å². The Morgan fingerprint density at radius 3 is 1.39 bits per heavy atom. The van der Waals surface area contributed by atoms with Gasteiger partial charge in [0.05, 0.1) is 25.4 Å². The van der Waals surface area contributed by atoms with Crippen LogP contribution in [0.5, 0.6) is 0 Å². The van der Waals surface area contributed by atoms with Crippen molar-refractivity contribution in [3.63, 3.8) is 0 Å². The number of carbonyl (C=O) groups excluding carboxylic acids is 1. The molecule has 1 aliphatic heterocycles. The van der Waals surface area contributed by atoms with Gasteiger partial charge in [0.1, 0.15) is 36.6 Å². The molecule has 0 bridgehead atoms. The molecular weight excluding hydrogens is 871 g/mol. The number of aliphatic hydroxyl groups is 7. The molecule has 0 radical (unpaired) electrons. The molecule has 0 aromatic rings. The maximum atomic E-state index is 13.1. The molecule has 406 valence electrons. The van der Waals surface area contributed by atoms with Gasteiger partial charge in [-0.1, -0.05) is 230 Å². The normalized spacial score (nSPS) is 20.6. The van der Waals surface area contributed by atoms with Gasteiger partial charge >= 0.3 is 0 Å². The predicted molar refractivity (Wildman–Crippen MR) is 284 cm³/mol. The number of unbranched alkanes of at least 4 members (excludes halogenated alkanes) is 31. The molecule has 1 fully saturated rings. The second-order valence-corrected chi connectivity index (χ2v) is 20.4. The quantitative estimate of drug-likeness (QED) is 0.0215. The third kappa shape index (κ3) is 36.0. The average molecular weight is 981 g/mol. The number of ether oxygens (including phenoxy) is 2.